The van der Waals surface area contributed by atoms with E-state index in [0.717, 1.165) is 49.2 Å². The third-order valence-electron chi connectivity index (χ3n) is 9.64. The summed E-state index contributed by atoms with van der Waals surface area (Å²) in [6.45, 7) is 9.65. The minimum atomic E-state index is -0.409. The lowest BCUT2D eigenvalue weighted by molar-refractivity contribution is 0.0964. The summed E-state index contributed by atoms with van der Waals surface area (Å²) in [5.74, 6) is -0.496. The number of aromatic nitrogens is 2. The van der Waals surface area contributed by atoms with Crippen LogP contribution in [0.25, 0.3) is 11.1 Å². The number of carbonyl (C=O) groups excluding carboxylic acids is 1. The summed E-state index contributed by atoms with van der Waals surface area (Å²) in [6, 6.07) is 13.1. The minimum absolute atomic E-state index is 0.0869. The van der Waals surface area contributed by atoms with Gasteiger partial charge in [0.15, 0.2) is 0 Å². The van der Waals surface area contributed by atoms with E-state index in [-0.39, 0.29) is 16.9 Å². The van der Waals surface area contributed by atoms with Gasteiger partial charge in [-0.15, -0.1) is 0 Å². The predicted octanol–water partition coefficient (Wildman–Crippen LogP) is 6.07. The van der Waals surface area contributed by atoms with E-state index in [1.807, 2.05) is 25.1 Å². The van der Waals surface area contributed by atoms with Crippen molar-refractivity contribution in [1.82, 2.24) is 14.0 Å². The Kier molecular flexibility index (Phi) is 6.81. The molecule has 3 aliphatic rings. The second kappa shape index (κ2) is 10.5. The van der Waals surface area contributed by atoms with Crippen molar-refractivity contribution >= 4 is 23.0 Å². The van der Waals surface area contributed by atoms with E-state index in [9.17, 15) is 9.59 Å². The topological polar surface area (TPSA) is 62.5 Å². The van der Waals surface area contributed by atoms with E-state index in [2.05, 4.69) is 47.8 Å². The van der Waals surface area contributed by atoms with Crippen LogP contribution in [-0.4, -0.2) is 40.1 Å². The van der Waals surface area contributed by atoms with Crippen molar-refractivity contribution in [3.63, 3.8) is 0 Å². The van der Waals surface area contributed by atoms with Gasteiger partial charge in [-0.05, 0) is 102 Å². The standard InChI is InChI=1S/C36H40FN5O2/c1-6-28-29(25-14-30(34(43)40(5)21-25)38-27-8-7-23-20-39(4)10-9-22(23)13-27)16-26(37)17-31(28)42-12-11-41-32(35(42)44)15-24-18-36(2,3)19-33(24)41/h7-8,13-17,21,38H,6,9-12,18-20H2,1-5H3. The molecule has 0 saturated carbocycles. The SMILES string of the molecule is CCc1c(-c2cc(Nc3ccc4c(c3)CCN(C)C4)c(=O)n(C)c2)cc(F)cc1N1CCn2c(cc3c2CC(C)(C)C3)C1=O. The van der Waals surface area contributed by atoms with Crippen LogP contribution in [0.1, 0.15) is 59.2 Å². The van der Waals surface area contributed by atoms with Gasteiger partial charge < -0.3 is 24.3 Å². The highest BCUT2D eigenvalue weighted by Gasteiger charge is 2.37. The van der Waals surface area contributed by atoms with Gasteiger partial charge in [-0.1, -0.05) is 26.8 Å². The molecular formula is C36H40FN5O2. The number of nitrogens with one attached hydrogen (secondary N) is 1. The molecule has 4 aromatic rings. The lowest BCUT2D eigenvalue weighted by Gasteiger charge is -2.32. The van der Waals surface area contributed by atoms with Gasteiger partial charge in [0.25, 0.3) is 11.5 Å². The Bertz CT molecular complexity index is 1880. The normalized spacial score (nSPS) is 17.4. The van der Waals surface area contributed by atoms with Gasteiger partial charge >= 0.3 is 0 Å². The molecule has 1 amide bonds. The minimum Gasteiger partial charge on any atom is -0.351 e. The highest BCUT2D eigenvalue weighted by atomic mass is 19.1. The number of amides is 1. The van der Waals surface area contributed by atoms with Crippen LogP contribution in [0.15, 0.2) is 53.5 Å². The van der Waals surface area contributed by atoms with E-state index in [4.69, 9.17) is 0 Å². The number of anilines is 3. The molecule has 44 heavy (non-hydrogen) atoms. The lowest BCUT2D eigenvalue weighted by Crippen LogP contribution is -2.41. The maximum absolute atomic E-state index is 15.4. The molecule has 2 aromatic carbocycles. The summed E-state index contributed by atoms with van der Waals surface area (Å²) in [6.07, 6.45) is 5.25. The molecule has 4 heterocycles. The largest absolute Gasteiger partial charge is 0.351 e. The molecule has 0 unspecified atom stereocenters. The number of fused-ring (bicyclic) bond motifs is 4. The second-order valence-corrected chi connectivity index (χ2v) is 13.6. The number of hydrogen-bond donors (Lipinski definition) is 1. The fourth-order valence-corrected chi connectivity index (χ4v) is 7.51. The van der Waals surface area contributed by atoms with Crippen LogP contribution in [0.2, 0.25) is 0 Å². The van der Waals surface area contributed by atoms with Gasteiger partial charge in [-0.3, -0.25) is 9.59 Å². The molecule has 7 nitrogen and oxygen atoms in total. The van der Waals surface area contributed by atoms with Crippen LogP contribution in [0, 0.1) is 11.2 Å². The van der Waals surface area contributed by atoms with Gasteiger partial charge in [0, 0.05) is 56.4 Å². The van der Waals surface area contributed by atoms with Crippen molar-refractivity contribution in [2.24, 2.45) is 12.5 Å². The third-order valence-corrected chi connectivity index (χ3v) is 9.64. The summed E-state index contributed by atoms with van der Waals surface area (Å²) >= 11 is 0. The first-order valence-corrected chi connectivity index (χ1v) is 15.7. The molecule has 228 valence electrons. The van der Waals surface area contributed by atoms with Crippen molar-refractivity contribution < 1.29 is 9.18 Å². The molecule has 1 N–H and O–H groups in total. The highest BCUT2D eigenvalue weighted by Crippen LogP contribution is 2.41. The average Bonchev–Trinajstić information content (AvgIpc) is 3.47. The first-order valence-electron chi connectivity index (χ1n) is 15.7. The molecular weight excluding hydrogens is 553 g/mol. The third kappa shape index (κ3) is 4.85. The predicted molar refractivity (Wildman–Crippen MR) is 174 cm³/mol. The number of halogens is 1. The summed E-state index contributed by atoms with van der Waals surface area (Å²) in [4.78, 5) is 31.2. The number of pyridine rings is 1. The van der Waals surface area contributed by atoms with Crippen molar-refractivity contribution in [3.8, 4) is 11.1 Å². The van der Waals surface area contributed by atoms with Crippen molar-refractivity contribution in [2.75, 3.05) is 30.4 Å². The Morgan fingerprint density at radius 1 is 0.932 bits per heavy atom. The molecule has 0 saturated heterocycles. The van der Waals surface area contributed by atoms with Crippen LogP contribution in [0.5, 0.6) is 0 Å². The molecule has 0 bridgehead atoms. The monoisotopic (exact) mass is 593 g/mol. The van der Waals surface area contributed by atoms with Crippen LogP contribution in [0.3, 0.4) is 0 Å². The van der Waals surface area contributed by atoms with Crippen LogP contribution >= 0.6 is 0 Å². The zero-order valence-corrected chi connectivity index (χ0v) is 26.3. The lowest BCUT2D eigenvalue weighted by atomic mass is 9.90. The maximum Gasteiger partial charge on any atom is 0.274 e. The summed E-state index contributed by atoms with van der Waals surface area (Å²) in [5.41, 5.74) is 10.0. The Hall–Kier alpha value is -4.17. The highest BCUT2D eigenvalue weighted by molar-refractivity contribution is 6.07. The Morgan fingerprint density at radius 3 is 2.55 bits per heavy atom. The molecule has 0 fully saturated rings. The fraction of sp³-hybridized carbons (Fsp3) is 0.389. The number of benzene rings is 2. The molecule has 0 radical (unpaired) electrons. The maximum atomic E-state index is 15.4. The van der Waals surface area contributed by atoms with E-state index >= 15 is 4.39 Å². The molecule has 7 rings (SSSR count). The van der Waals surface area contributed by atoms with Gasteiger partial charge in [0.1, 0.15) is 17.2 Å². The molecule has 1 aliphatic carbocycles. The molecule has 8 heteroatoms. The number of nitrogens with zero attached hydrogens (tertiary/aromatic N) is 4. The zero-order chi connectivity index (χ0) is 30.9. The van der Waals surface area contributed by atoms with Crippen LogP contribution in [0.4, 0.5) is 21.5 Å². The van der Waals surface area contributed by atoms with Gasteiger partial charge in [-0.25, -0.2) is 4.39 Å². The molecule has 2 aromatic heterocycles. The Balaban J connectivity index is 1.25. The molecule has 0 atom stereocenters. The Morgan fingerprint density at radius 2 is 1.75 bits per heavy atom. The van der Waals surface area contributed by atoms with Gasteiger partial charge in [-0.2, -0.15) is 0 Å². The van der Waals surface area contributed by atoms with Crippen molar-refractivity contribution in [1.29, 1.82) is 0 Å². The first-order chi connectivity index (χ1) is 21.0. The van der Waals surface area contributed by atoms with E-state index in [1.54, 1.807) is 18.1 Å². The van der Waals surface area contributed by atoms with Crippen molar-refractivity contribution in [2.45, 2.75) is 59.5 Å². The zero-order valence-electron chi connectivity index (χ0n) is 26.3. The number of aryl methyl sites for hydroxylation is 1. The average molecular weight is 594 g/mol. The van der Waals surface area contributed by atoms with E-state index < -0.39 is 5.82 Å². The fourth-order valence-electron chi connectivity index (χ4n) is 7.51. The van der Waals surface area contributed by atoms with Gasteiger partial charge in [0.05, 0.1) is 5.69 Å². The van der Waals surface area contributed by atoms with Crippen LogP contribution < -0.4 is 15.8 Å². The molecule has 0 spiro atoms. The summed E-state index contributed by atoms with van der Waals surface area (Å²) in [7, 11) is 3.84. The van der Waals surface area contributed by atoms with Gasteiger partial charge in [0.2, 0.25) is 0 Å². The summed E-state index contributed by atoms with van der Waals surface area (Å²) in [5, 5.41) is 3.35. The Labute approximate surface area is 257 Å². The van der Waals surface area contributed by atoms with Crippen molar-refractivity contribution in [3.05, 3.63) is 98.5 Å². The van der Waals surface area contributed by atoms with E-state index in [0.29, 0.717) is 42.1 Å². The smallest absolute Gasteiger partial charge is 0.274 e. The number of hydrogen-bond acceptors (Lipinski definition) is 4. The number of likely N-dealkylation sites (N-methyl/N-ethyl adjacent to an activating group) is 1. The molecule has 2 aliphatic heterocycles. The first kappa shape index (κ1) is 28.6. The van der Waals surface area contributed by atoms with Crippen LogP contribution in [-0.2, 0) is 45.8 Å². The number of rotatable bonds is 5. The van der Waals surface area contributed by atoms with E-state index in [1.165, 1.54) is 39.1 Å². The quantitative estimate of drug-likeness (QED) is 0.305. The summed E-state index contributed by atoms with van der Waals surface area (Å²) < 4.78 is 19.1. The second-order valence-electron chi connectivity index (χ2n) is 13.6. The number of carbonyl (C=O) groups is 1.